The first kappa shape index (κ1) is 6.50. The van der Waals surface area contributed by atoms with Crippen molar-refractivity contribution in [1.29, 1.82) is 0 Å². The SMILES string of the molecule is C=CN[N+](C)(C)C. The molecule has 0 unspecified atom stereocenters. The maximum Gasteiger partial charge on any atom is 0.0901 e. The quantitative estimate of drug-likeness (QED) is 0.390. The maximum absolute atomic E-state index is 3.52. The molecule has 0 amide bonds. The van der Waals surface area contributed by atoms with Gasteiger partial charge in [0.2, 0.25) is 0 Å². The van der Waals surface area contributed by atoms with E-state index in [0.717, 1.165) is 4.59 Å². The van der Waals surface area contributed by atoms with Crippen molar-refractivity contribution < 1.29 is 4.59 Å². The number of rotatable bonds is 2. The van der Waals surface area contributed by atoms with Gasteiger partial charge in [0.15, 0.2) is 0 Å². The van der Waals surface area contributed by atoms with Crippen molar-refractivity contribution in [2.75, 3.05) is 21.1 Å². The first-order valence-electron chi connectivity index (χ1n) is 2.26. The van der Waals surface area contributed by atoms with Crippen LogP contribution in [-0.2, 0) is 0 Å². The fraction of sp³-hybridized carbons (Fsp3) is 0.600. The molecule has 0 radical (unpaired) electrons. The molecule has 7 heavy (non-hydrogen) atoms. The van der Waals surface area contributed by atoms with Gasteiger partial charge in [-0.1, -0.05) is 6.58 Å². The van der Waals surface area contributed by atoms with Gasteiger partial charge in [-0.3, -0.25) is 0 Å². The summed E-state index contributed by atoms with van der Waals surface area (Å²) in [7, 11) is 6.09. The molecule has 0 aromatic rings. The van der Waals surface area contributed by atoms with Crippen molar-refractivity contribution in [2.45, 2.75) is 0 Å². The van der Waals surface area contributed by atoms with E-state index in [0.29, 0.717) is 0 Å². The van der Waals surface area contributed by atoms with Crippen molar-refractivity contribution in [1.82, 2.24) is 5.43 Å². The van der Waals surface area contributed by atoms with Crippen molar-refractivity contribution in [3.63, 3.8) is 0 Å². The molecule has 0 heterocycles. The second-order valence-corrected chi connectivity index (χ2v) is 2.35. The van der Waals surface area contributed by atoms with Crippen LogP contribution >= 0.6 is 0 Å². The van der Waals surface area contributed by atoms with Gasteiger partial charge in [-0.2, -0.15) is 0 Å². The molecular weight excluding hydrogens is 88.1 g/mol. The molecule has 0 aliphatic rings. The Morgan fingerprint density at radius 3 is 1.86 bits per heavy atom. The van der Waals surface area contributed by atoms with Crippen LogP contribution in [0.25, 0.3) is 0 Å². The van der Waals surface area contributed by atoms with Crippen LogP contribution in [0.15, 0.2) is 12.8 Å². The number of hydrogen-bond donors (Lipinski definition) is 1. The summed E-state index contributed by atoms with van der Waals surface area (Å²) in [5.41, 5.74) is 2.99. The fourth-order valence-electron chi connectivity index (χ4n) is 0.274. The lowest BCUT2D eigenvalue weighted by atomic mass is 10.9. The highest BCUT2D eigenvalue weighted by atomic mass is 15.6. The molecule has 0 aliphatic heterocycles. The average Bonchev–Trinajstić information content (AvgIpc) is 1.30. The standard InChI is InChI=1S/C5H13N2/c1-5-6-7(2,3)4/h5-6H,1H2,2-4H3/q+1. The number of nitrogens with one attached hydrogen (secondary N) is 1. The second-order valence-electron chi connectivity index (χ2n) is 2.35. The number of nitrogens with zero attached hydrogens (tertiary/aromatic N) is 1. The molecule has 0 saturated carbocycles. The van der Waals surface area contributed by atoms with Crippen molar-refractivity contribution in [3.8, 4) is 0 Å². The van der Waals surface area contributed by atoms with Gasteiger partial charge < -0.3 is 0 Å². The van der Waals surface area contributed by atoms with Gasteiger partial charge >= 0.3 is 0 Å². The zero-order valence-corrected chi connectivity index (χ0v) is 5.23. The van der Waals surface area contributed by atoms with E-state index in [1.807, 2.05) is 21.1 Å². The molecule has 0 spiro atoms. The van der Waals surface area contributed by atoms with E-state index in [1.54, 1.807) is 6.20 Å². The van der Waals surface area contributed by atoms with E-state index in [1.165, 1.54) is 0 Å². The third-order valence-electron chi connectivity index (χ3n) is 0.479. The zero-order chi connectivity index (χ0) is 5.91. The van der Waals surface area contributed by atoms with E-state index in [9.17, 15) is 0 Å². The topological polar surface area (TPSA) is 12.0 Å². The Morgan fingerprint density at radius 2 is 1.86 bits per heavy atom. The molecule has 0 aromatic carbocycles. The van der Waals surface area contributed by atoms with Gasteiger partial charge in [0.05, 0.1) is 21.1 Å². The molecule has 2 nitrogen and oxygen atoms in total. The Morgan fingerprint density at radius 1 is 1.43 bits per heavy atom. The molecule has 42 valence electrons. The smallest absolute Gasteiger partial charge is 0.0901 e. The van der Waals surface area contributed by atoms with Crippen LogP contribution in [0.5, 0.6) is 0 Å². The van der Waals surface area contributed by atoms with E-state index >= 15 is 0 Å². The summed E-state index contributed by atoms with van der Waals surface area (Å²) in [5, 5.41) is 0. The molecule has 0 bridgehead atoms. The van der Waals surface area contributed by atoms with Gasteiger partial charge in [-0.25, -0.2) is 10.0 Å². The Hall–Kier alpha value is -0.500. The Kier molecular flexibility index (Phi) is 1.84. The van der Waals surface area contributed by atoms with Gasteiger partial charge in [0, 0.05) is 6.20 Å². The summed E-state index contributed by atoms with van der Waals surface area (Å²) < 4.78 is 0.726. The molecule has 2 heteroatoms. The van der Waals surface area contributed by atoms with Crippen molar-refractivity contribution >= 4 is 0 Å². The lowest BCUT2D eigenvalue weighted by Crippen LogP contribution is -2.44. The first-order chi connectivity index (χ1) is 3.06. The van der Waals surface area contributed by atoms with Crippen molar-refractivity contribution in [2.24, 2.45) is 0 Å². The molecule has 1 N–H and O–H groups in total. The summed E-state index contributed by atoms with van der Waals surface area (Å²) in [6, 6.07) is 0. The average molecular weight is 101 g/mol. The summed E-state index contributed by atoms with van der Waals surface area (Å²) in [6.45, 7) is 3.52. The van der Waals surface area contributed by atoms with E-state index < -0.39 is 0 Å². The van der Waals surface area contributed by atoms with Gasteiger partial charge in [0.25, 0.3) is 0 Å². The molecule has 0 atom stereocenters. The monoisotopic (exact) mass is 101 g/mol. The minimum atomic E-state index is 0.726. The maximum atomic E-state index is 3.52. The van der Waals surface area contributed by atoms with Crippen LogP contribution in [0.3, 0.4) is 0 Å². The van der Waals surface area contributed by atoms with Crippen molar-refractivity contribution in [3.05, 3.63) is 12.8 Å². The molecule has 0 rings (SSSR count). The van der Waals surface area contributed by atoms with Gasteiger partial charge in [0.1, 0.15) is 0 Å². The van der Waals surface area contributed by atoms with Crippen LogP contribution in [0, 0.1) is 0 Å². The highest BCUT2D eigenvalue weighted by Gasteiger charge is 1.98. The second kappa shape index (κ2) is 1.98. The highest BCUT2D eigenvalue weighted by Crippen LogP contribution is 1.77. The minimum absolute atomic E-state index is 0.726. The van der Waals surface area contributed by atoms with E-state index in [-0.39, 0.29) is 0 Å². The third-order valence-corrected chi connectivity index (χ3v) is 0.479. The molecule has 0 fully saturated rings. The van der Waals surface area contributed by atoms with Crippen LogP contribution in [0.4, 0.5) is 0 Å². The van der Waals surface area contributed by atoms with E-state index in [4.69, 9.17) is 0 Å². The highest BCUT2D eigenvalue weighted by molar-refractivity contribution is 4.52. The van der Waals surface area contributed by atoms with E-state index in [2.05, 4.69) is 12.0 Å². The van der Waals surface area contributed by atoms with Crippen LogP contribution in [0.1, 0.15) is 0 Å². The predicted octanol–water partition coefficient (Wildman–Crippen LogP) is 0.341. The minimum Gasteiger partial charge on any atom is -0.245 e. The Labute approximate surface area is 45.0 Å². The Balaban J connectivity index is 3.34. The van der Waals surface area contributed by atoms with Crippen LogP contribution < -0.4 is 5.43 Å². The zero-order valence-electron chi connectivity index (χ0n) is 5.23. The van der Waals surface area contributed by atoms with Crippen LogP contribution in [0.2, 0.25) is 0 Å². The largest absolute Gasteiger partial charge is 0.245 e. The molecule has 0 saturated heterocycles. The summed E-state index contributed by atoms with van der Waals surface area (Å²) >= 11 is 0. The number of hydrogen-bond acceptors (Lipinski definition) is 1. The first-order valence-corrected chi connectivity index (χ1v) is 2.26. The Bertz CT molecular complexity index is 61.0. The summed E-state index contributed by atoms with van der Waals surface area (Å²) in [4.78, 5) is 0. The number of quaternary nitrogens is 1. The molecular formula is C5H13N2+. The normalized spacial score (nSPS) is 10.7. The predicted molar refractivity (Wildman–Crippen MR) is 31.4 cm³/mol. The lowest BCUT2D eigenvalue weighted by molar-refractivity contribution is -0.909. The summed E-state index contributed by atoms with van der Waals surface area (Å²) in [5.74, 6) is 0. The van der Waals surface area contributed by atoms with Gasteiger partial charge in [-0.15, -0.1) is 0 Å². The third kappa shape index (κ3) is 5.50. The lowest BCUT2D eigenvalue weighted by Gasteiger charge is -2.21. The molecule has 0 aliphatic carbocycles. The van der Waals surface area contributed by atoms with Crippen LogP contribution in [-0.4, -0.2) is 25.7 Å². The summed E-state index contributed by atoms with van der Waals surface area (Å²) in [6.07, 6.45) is 1.68. The molecule has 0 aromatic heterocycles. The fourth-order valence-corrected chi connectivity index (χ4v) is 0.274. The van der Waals surface area contributed by atoms with Gasteiger partial charge in [-0.05, 0) is 0 Å².